The zero-order valence-electron chi connectivity index (χ0n) is 18.6. The number of nitrogens with one attached hydrogen (secondary N) is 1. The van der Waals surface area contributed by atoms with Crippen molar-refractivity contribution in [1.29, 1.82) is 0 Å². The molecule has 2 amide bonds. The molecule has 2 heterocycles. The summed E-state index contributed by atoms with van der Waals surface area (Å²) < 4.78 is 12.8. The summed E-state index contributed by atoms with van der Waals surface area (Å²) in [5.74, 6) is 1.47. The molecule has 0 saturated carbocycles. The van der Waals surface area contributed by atoms with Crippen LogP contribution in [0.1, 0.15) is 22.9 Å². The zero-order valence-corrected chi connectivity index (χ0v) is 18.6. The number of amides is 2. The summed E-state index contributed by atoms with van der Waals surface area (Å²) in [7, 11) is 3.26. The van der Waals surface area contributed by atoms with Gasteiger partial charge in [-0.2, -0.15) is 0 Å². The fourth-order valence-electron chi connectivity index (χ4n) is 4.37. The van der Waals surface area contributed by atoms with Gasteiger partial charge in [0.25, 0.3) is 0 Å². The Hall–Kier alpha value is -4.19. The monoisotopic (exact) mass is 439 g/mol. The minimum absolute atomic E-state index is 0.187. The first-order valence-corrected chi connectivity index (χ1v) is 10.8. The summed E-state index contributed by atoms with van der Waals surface area (Å²) >= 11 is 0. The summed E-state index contributed by atoms with van der Waals surface area (Å²) in [5.41, 5.74) is 4.86. The van der Waals surface area contributed by atoms with Crippen LogP contribution in [0.15, 0.2) is 91.1 Å². The molecule has 3 aromatic carbocycles. The highest BCUT2D eigenvalue weighted by molar-refractivity contribution is 5.90. The summed E-state index contributed by atoms with van der Waals surface area (Å²) in [6.45, 7) is 0.463. The Morgan fingerprint density at radius 2 is 1.67 bits per heavy atom. The van der Waals surface area contributed by atoms with Crippen LogP contribution in [0.5, 0.6) is 11.5 Å². The Labute approximate surface area is 193 Å². The predicted molar refractivity (Wildman–Crippen MR) is 128 cm³/mol. The molecule has 6 nitrogen and oxygen atoms in total. The fraction of sp³-hybridized carbons (Fsp3) is 0.148. The topological polar surface area (TPSA) is 55.7 Å². The lowest BCUT2D eigenvalue weighted by Crippen LogP contribution is -2.37. The Balaban J connectivity index is 1.60. The van der Waals surface area contributed by atoms with E-state index in [1.807, 2.05) is 77.8 Å². The lowest BCUT2D eigenvalue weighted by atomic mass is 10.0. The van der Waals surface area contributed by atoms with E-state index in [1.54, 1.807) is 14.2 Å². The van der Waals surface area contributed by atoms with Gasteiger partial charge in [0, 0.05) is 23.6 Å². The maximum Gasteiger partial charge on any atom is 0.322 e. The number of carbonyl (C=O) groups is 1. The van der Waals surface area contributed by atoms with E-state index in [1.165, 1.54) is 0 Å². The van der Waals surface area contributed by atoms with Gasteiger partial charge in [0.1, 0.15) is 11.5 Å². The summed E-state index contributed by atoms with van der Waals surface area (Å²) in [5, 5.41) is 3.06. The van der Waals surface area contributed by atoms with Crippen LogP contribution in [0.3, 0.4) is 0 Å². The van der Waals surface area contributed by atoms with Crippen molar-refractivity contribution in [3.63, 3.8) is 0 Å². The predicted octanol–water partition coefficient (Wildman–Crippen LogP) is 5.63. The quantitative estimate of drug-likeness (QED) is 0.448. The highest BCUT2D eigenvalue weighted by Gasteiger charge is 2.33. The molecule has 0 bridgehead atoms. The number of rotatable bonds is 4. The van der Waals surface area contributed by atoms with Crippen molar-refractivity contribution in [3.05, 3.63) is 108 Å². The van der Waals surface area contributed by atoms with Crippen molar-refractivity contribution in [2.45, 2.75) is 12.6 Å². The maximum atomic E-state index is 13.7. The van der Waals surface area contributed by atoms with Crippen LogP contribution in [-0.4, -0.2) is 29.7 Å². The standard InChI is InChI=1S/C27H25N3O3/c1-32-22-14-12-19(13-15-22)26-25-11-6-16-29(25)24-10-4-3-7-20(24)18-30(26)27(31)28-21-8-5-9-23(17-21)33-2/h3-17,26H,18H2,1-2H3,(H,28,31). The van der Waals surface area contributed by atoms with E-state index in [0.29, 0.717) is 18.0 Å². The summed E-state index contributed by atoms with van der Waals surface area (Å²) in [6, 6.07) is 27.1. The van der Waals surface area contributed by atoms with Gasteiger partial charge in [0.2, 0.25) is 0 Å². The minimum atomic E-state index is -0.288. The van der Waals surface area contributed by atoms with E-state index in [4.69, 9.17) is 9.47 Å². The van der Waals surface area contributed by atoms with Gasteiger partial charge in [-0.15, -0.1) is 0 Å². The van der Waals surface area contributed by atoms with Gasteiger partial charge in [-0.1, -0.05) is 36.4 Å². The van der Waals surface area contributed by atoms with Gasteiger partial charge in [0.15, 0.2) is 0 Å². The third-order valence-electron chi connectivity index (χ3n) is 5.98. The molecule has 33 heavy (non-hydrogen) atoms. The van der Waals surface area contributed by atoms with Gasteiger partial charge >= 0.3 is 6.03 Å². The number of methoxy groups -OCH3 is 2. The van der Waals surface area contributed by atoms with Gasteiger partial charge in [-0.25, -0.2) is 4.79 Å². The molecule has 1 aliphatic heterocycles. The zero-order chi connectivity index (χ0) is 22.8. The SMILES string of the molecule is COc1ccc(C2c3cccn3-c3ccccc3CN2C(=O)Nc2cccc(OC)c2)cc1. The third-order valence-corrected chi connectivity index (χ3v) is 5.98. The van der Waals surface area contributed by atoms with Crippen LogP contribution >= 0.6 is 0 Å². The van der Waals surface area contributed by atoms with E-state index in [-0.39, 0.29) is 12.1 Å². The van der Waals surface area contributed by atoms with Gasteiger partial charge < -0.3 is 24.3 Å². The van der Waals surface area contributed by atoms with E-state index >= 15 is 0 Å². The van der Waals surface area contributed by atoms with Gasteiger partial charge in [-0.3, -0.25) is 0 Å². The second-order valence-corrected chi connectivity index (χ2v) is 7.90. The molecule has 0 aliphatic carbocycles. The number of ether oxygens (including phenoxy) is 2. The van der Waals surface area contributed by atoms with Crippen molar-refractivity contribution in [1.82, 2.24) is 9.47 Å². The lowest BCUT2D eigenvalue weighted by molar-refractivity contribution is 0.194. The molecule has 0 fully saturated rings. The number of para-hydroxylation sites is 1. The number of hydrogen-bond donors (Lipinski definition) is 1. The average Bonchev–Trinajstić information content (AvgIpc) is 3.28. The minimum Gasteiger partial charge on any atom is -0.497 e. The van der Waals surface area contributed by atoms with Crippen LogP contribution < -0.4 is 14.8 Å². The van der Waals surface area contributed by atoms with E-state index < -0.39 is 0 Å². The van der Waals surface area contributed by atoms with E-state index in [0.717, 1.165) is 28.3 Å². The van der Waals surface area contributed by atoms with Crippen molar-refractivity contribution in [2.75, 3.05) is 19.5 Å². The Morgan fingerprint density at radius 1 is 0.879 bits per heavy atom. The number of fused-ring (bicyclic) bond motifs is 3. The van der Waals surface area contributed by atoms with Crippen molar-refractivity contribution < 1.29 is 14.3 Å². The van der Waals surface area contributed by atoms with Crippen LogP contribution in [-0.2, 0) is 6.54 Å². The number of nitrogens with zero attached hydrogens (tertiary/aromatic N) is 2. The first kappa shape index (κ1) is 20.7. The molecule has 5 rings (SSSR count). The maximum absolute atomic E-state index is 13.7. The Kier molecular flexibility index (Phi) is 5.48. The molecule has 1 aliphatic rings. The fourth-order valence-corrected chi connectivity index (χ4v) is 4.37. The van der Waals surface area contributed by atoms with Crippen LogP contribution in [0.4, 0.5) is 10.5 Å². The van der Waals surface area contributed by atoms with Crippen LogP contribution in [0.2, 0.25) is 0 Å². The molecule has 0 saturated heterocycles. The molecular weight excluding hydrogens is 414 g/mol. The van der Waals surface area contributed by atoms with Crippen molar-refractivity contribution >= 4 is 11.7 Å². The molecule has 1 aromatic heterocycles. The van der Waals surface area contributed by atoms with E-state index in [2.05, 4.69) is 28.1 Å². The van der Waals surface area contributed by atoms with Crippen LogP contribution in [0, 0.1) is 0 Å². The largest absolute Gasteiger partial charge is 0.497 e. The molecule has 1 unspecified atom stereocenters. The average molecular weight is 440 g/mol. The number of anilines is 1. The molecule has 6 heteroatoms. The third kappa shape index (κ3) is 3.91. The molecular formula is C27H25N3O3. The summed E-state index contributed by atoms with van der Waals surface area (Å²) in [4.78, 5) is 15.6. The highest BCUT2D eigenvalue weighted by atomic mass is 16.5. The lowest BCUT2D eigenvalue weighted by Gasteiger charge is -2.31. The number of hydrogen-bond acceptors (Lipinski definition) is 3. The van der Waals surface area contributed by atoms with Crippen molar-refractivity contribution in [2.24, 2.45) is 0 Å². The first-order chi connectivity index (χ1) is 16.2. The second-order valence-electron chi connectivity index (χ2n) is 7.90. The van der Waals surface area contributed by atoms with Crippen molar-refractivity contribution in [3.8, 4) is 17.2 Å². The number of aromatic nitrogens is 1. The normalized spacial score (nSPS) is 14.6. The molecule has 0 radical (unpaired) electrons. The molecule has 0 spiro atoms. The highest BCUT2D eigenvalue weighted by Crippen LogP contribution is 2.37. The summed E-state index contributed by atoms with van der Waals surface area (Å²) in [6.07, 6.45) is 2.05. The number of benzene rings is 3. The second kappa shape index (κ2) is 8.74. The molecule has 1 atom stereocenters. The van der Waals surface area contributed by atoms with E-state index in [9.17, 15) is 4.79 Å². The smallest absolute Gasteiger partial charge is 0.322 e. The van der Waals surface area contributed by atoms with Gasteiger partial charge in [-0.05, 0) is 53.6 Å². The first-order valence-electron chi connectivity index (χ1n) is 10.8. The Bertz CT molecular complexity index is 1280. The molecule has 1 N–H and O–H groups in total. The molecule has 166 valence electrons. The molecule has 4 aromatic rings. The number of carbonyl (C=O) groups excluding carboxylic acids is 1. The Morgan fingerprint density at radius 3 is 2.45 bits per heavy atom. The number of urea groups is 1. The van der Waals surface area contributed by atoms with Crippen LogP contribution in [0.25, 0.3) is 5.69 Å². The van der Waals surface area contributed by atoms with Gasteiger partial charge in [0.05, 0.1) is 32.5 Å².